The topological polar surface area (TPSA) is 83.5 Å². The molecule has 0 fully saturated rings. The van der Waals surface area contributed by atoms with Crippen molar-refractivity contribution < 1.29 is 22.7 Å². The van der Waals surface area contributed by atoms with Gasteiger partial charge in [0.2, 0.25) is 10.0 Å². The maximum atomic E-state index is 13.7. The molecule has 0 heterocycles. The quantitative estimate of drug-likeness (QED) is 0.766. The van der Waals surface area contributed by atoms with Crippen LogP contribution in [-0.2, 0) is 14.8 Å². The summed E-state index contributed by atoms with van der Waals surface area (Å²) in [6.07, 6.45) is 0.813. The summed E-state index contributed by atoms with van der Waals surface area (Å²) in [7, 11) is -3.77. The Morgan fingerprint density at radius 1 is 1.09 bits per heavy atom. The van der Waals surface area contributed by atoms with Gasteiger partial charge in [-0.05, 0) is 25.0 Å². The van der Waals surface area contributed by atoms with Gasteiger partial charge in [0.1, 0.15) is 5.82 Å². The molecule has 0 aliphatic heterocycles. The van der Waals surface area contributed by atoms with E-state index < -0.39 is 21.8 Å². The van der Waals surface area contributed by atoms with Gasteiger partial charge in [-0.2, -0.15) is 0 Å². The van der Waals surface area contributed by atoms with E-state index in [0.717, 1.165) is 6.07 Å². The lowest BCUT2D eigenvalue weighted by Crippen LogP contribution is -2.25. The molecule has 2 aromatic carbocycles. The smallest absolute Gasteiger partial charge is 0.303 e. The summed E-state index contributed by atoms with van der Waals surface area (Å²) in [5.74, 6) is -1.39. The zero-order valence-electron chi connectivity index (χ0n) is 11.8. The lowest BCUT2D eigenvalue weighted by Gasteiger charge is -2.10. The third-order valence-corrected chi connectivity index (χ3v) is 4.75. The largest absolute Gasteiger partial charge is 0.481 e. The van der Waals surface area contributed by atoms with Gasteiger partial charge in [0.25, 0.3) is 0 Å². The minimum atomic E-state index is -3.77. The fourth-order valence-electron chi connectivity index (χ4n) is 2.15. The Bertz CT molecular complexity index is 789. The van der Waals surface area contributed by atoms with Crippen LogP contribution in [0.5, 0.6) is 0 Å². The fourth-order valence-corrected chi connectivity index (χ4v) is 3.44. The van der Waals surface area contributed by atoms with Gasteiger partial charge in [-0.15, -0.1) is 0 Å². The van der Waals surface area contributed by atoms with Crippen molar-refractivity contribution in [2.75, 3.05) is 6.54 Å². The molecule has 0 atom stereocenters. The van der Waals surface area contributed by atoms with Crippen molar-refractivity contribution in [1.29, 1.82) is 0 Å². The molecule has 0 amide bonds. The highest BCUT2D eigenvalue weighted by atomic mass is 32.2. The summed E-state index contributed by atoms with van der Waals surface area (Å²) in [5.41, 5.74) is 0. The number of hydrogen-bond acceptors (Lipinski definition) is 3. The summed E-state index contributed by atoms with van der Waals surface area (Å²) < 4.78 is 40.7. The highest BCUT2D eigenvalue weighted by molar-refractivity contribution is 7.89. The number of unbranched alkanes of at least 4 members (excludes halogenated alkanes) is 1. The second-order valence-electron chi connectivity index (χ2n) is 4.84. The van der Waals surface area contributed by atoms with Crippen molar-refractivity contribution in [3.8, 4) is 0 Å². The second kappa shape index (κ2) is 6.85. The Morgan fingerprint density at radius 3 is 2.45 bits per heavy atom. The Kier molecular flexibility index (Phi) is 5.10. The van der Waals surface area contributed by atoms with E-state index in [1.165, 1.54) is 12.1 Å². The Labute approximate surface area is 127 Å². The second-order valence-corrected chi connectivity index (χ2v) is 6.58. The standard InChI is InChI=1S/C15H16FNO4S/c16-13-8-9-14(12-6-2-1-5-11(12)13)22(20,21)17-10-4-3-7-15(18)19/h1-2,5-6,8-9,17H,3-4,7,10H2,(H,18,19). The van der Waals surface area contributed by atoms with Crippen molar-refractivity contribution in [1.82, 2.24) is 4.72 Å². The van der Waals surface area contributed by atoms with Crippen molar-refractivity contribution >= 4 is 26.8 Å². The molecule has 0 aromatic heterocycles. The molecule has 0 aliphatic rings. The van der Waals surface area contributed by atoms with Crippen LogP contribution in [0.1, 0.15) is 19.3 Å². The van der Waals surface area contributed by atoms with Gasteiger partial charge in [0.05, 0.1) is 4.90 Å². The number of halogens is 1. The van der Waals surface area contributed by atoms with Gasteiger partial charge in [-0.25, -0.2) is 17.5 Å². The Hall–Kier alpha value is -1.99. The SMILES string of the molecule is O=C(O)CCCCNS(=O)(=O)c1ccc(F)c2ccccc12. The number of carboxylic acid groups (broad SMARTS) is 1. The van der Waals surface area contributed by atoms with Crippen molar-refractivity contribution in [3.63, 3.8) is 0 Å². The molecule has 0 aliphatic carbocycles. The van der Waals surface area contributed by atoms with Gasteiger partial charge in [0.15, 0.2) is 0 Å². The zero-order valence-corrected chi connectivity index (χ0v) is 12.6. The number of fused-ring (bicyclic) bond motifs is 1. The predicted octanol–water partition coefficient (Wildman–Crippen LogP) is 2.51. The third-order valence-electron chi connectivity index (χ3n) is 3.23. The van der Waals surface area contributed by atoms with Crippen LogP contribution in [0.4, 0.5) is 4.39 Å². The molecular formula is C15H16FNO4S. The zero-order chi connectivity index (χ0) is 16.2. The van der Waals surface area contributed by atoms with E-state index in [9.17, 15) is 17.6 Å². The lowest BCUT2D eigenvalue weighted by molar-refractivity contribution is -0.137. The third kappa shape index (κ3) is 3.80. The van der Waals surface area contributed by atoms with Crippen LogP contribution in [0.2, 0.25) is 0 Å². The van der Waals surface area contributed by atoms with E-state index in [1.54, 1.807) is 18.2 Å². The number of hydrogen-bond donors (Lipinski definition) is 2. The predicted molar refractivity (Wildman–Crippen MR) is 80.6 cm³/mol. The average molecular weight is 325 g/mol. The summed E-state index contributed by atoms with van der Waals surface area (Å²) in [4.78, 5) is 10.4. The average Bonchev–Trinajstić information content (AvgIpc) is 2.47. The summed E-state index contributed by atoms with van der Waals surface area (Å²) in [5, 5.41) is 9.09. The molecule has 2 N–H and O–H groups in total. The van der Waals surface area contributed by atoms with E-state index in [-0.39, 0.29) is 23.2 Å². The molecule has 7 heteroatoms. The molecule has 0 spiro atoms. The highest BCUT2D eigenvalue weighted by Gasteiger charge is 2.18. The van der Waals surface area contributed by atoms with E-state index in [0.29, 0.717) is 18.2 Å². The first-order chi connectivity index (χ1) is 10.4. The van der Waals surface area contributed by atoms with Gasteiger partial charge in [-0.1, -0.05) is 24.3 Å². The van der Waals surface area contributed by atoms with Crippen LogP contribution in [-0.4, -0.2) is 26.0 Å². The lowest BCUT2D eigenvalue weighted by atomic mass is 10.1. The maximum absolute atomic E-state index is 13.7. The first-order valence-corrected chi connectivity index (χ1v) is 8.29. The minimum Gasteiger partial charge on any atom is -0.481 e. The fraction of sp³-hybridized carbons (Fsp3) is 0.267. The number of rotatable bonds is 7. The van der Waals surface area contributed by atoms with Crippen molar-refractivity contribution in [3.05, 3.63) is 42.2 Å². The summed E-state index contributed by atoms with van der Waals surface area (Å²) >= 11 is 0. The van der Waals surface area contributed by atoms with Crippen LogP contribution in [0, 0.1) is 5.82 Å². The molecule has 22 heavy (non-hydrogen) atoms. The van der Waals surface area contributed by atoms with Gasteiger partial charge < -0.3 is 5.11 Å². The van der Waals surface area contributed by atoms with Gasteiger partial charge in [-0.3, -0.25) is 4.79 Å². The van der Waals surface area contributed by atoms with E-state index in [4.69, 9.17) is 5.11 Å². The molecule has 0 radical (unpaired) electrons. The van der Waals surface area contributed by atoms with E-state index >= 15 is 0 Å². The monoisotopic (exact) mass is 325 g/mol. The van der Waals surface area contributed by atoms with Crippen LogP contribution >= 0.6 is 0 Å². The Morgan fingerprint density at radius 2 is 1.77 bits per heavy atom. The number of carbonyl (C=O) groups is 1. The van der Waals surface area contributed by atoms with Crippen LogP contribution in [0.25, 0.3) is 10.8 Å². The van der Waals surface area contributed by atoms with Crippen LogP contribution < -0.4 is 4.72 Å². The number of sulfonamides is 1. The normalized spacial score (nSPS) is 11.7. The maximum Gasteiger partial charge on any atom is 0.303 e. The van der Waals surface area contributed by atoms with Crippen LogP contribution in [0.3, 0.4) is 0 Å². The van der Waals surface area contributed by atoms with Crippen LogP contribution in [0.15, 0.2) is 41.3 Å². The number of nitrogens with one attached hydrogen (secondary N) is 1. The molecule has 5 nitrogen and oxygen atoms in total. The van der Waals surface area contributed by atoms with Crippen molar-refractivity contribution in [2.45, 2.75) is 24.2 Å². The Balaban J connectivity index is 2.16. The van der Waals surface area contributed by atoms with E-state index in [2.05, 4.69) is 4.72 Å². The molecule has 0 unspecified atom stereocenters. The van der Waals surface area contributed by atoms with Gasteiger partial charge in [0, 0.05) is 23.7 Å². The molecule has 2 aromatic rings. The summed E-state index contributed by atoms with van der Waals surface area (Å²) in [6.45, 7) is 0.140. The molecule has 118 valence electrons. The molecule has 0 saturated heterocycles. The number of benzene rings is 2. The minimum absolute atomic E-state index is 0.00120. The number of aliphatic carboxylic acids is 1. The van der Waals surface area contributed by atoms with Crippen molar-refractivity contribution in [2.24, 2.45) is 0 Å². The molecular weight excluding hydrogens is 309 g/mol. The molecule has 2 rings (SSSR count). The molecule has 0 bridgehead atoms. The highest BCUT2D eigenvalue weighted by Crippen LogP contribution is 2.25. The van der Waals surface area contributed by atoms with Gasteiger partial charge >= 0.3 is 5.97 Å². The first-order valence-electron chi connectivity index (χ1n) is 6.80. The summed E-state index contributed by atoms with van der Waals surface area (Å²) in [6, 6.07) is 8.72. The molecule has 0 saturated carbocycles. The first kappa shape index (κ1) is 16.4. The number of carboxylic acids is 1. The van der Waals surface area contributed by atoms with E-state index in [1.807, 2.05) is 0 Å².